The predicted molar refractivity (Wildman–Crippen MR) is 97.9 cm³/mol. The number of fused-ring (bicyclic) bond motifs is 2. The SMILES string of the molecule is O=C(c1ccc2c(=O)n3c(nc2c1)CCCCC3)N1CCCCCC1. The molecule has 5 nitrogen and oxygen atoms in total. The number of amides is 1. The summed E-state index contributed by atoms with van der Waals surface area (Å²) in [6.45, 7) is 2.42. The Morgan fingerprint density at radius 1 is 0.920 bits per heavy atom. The van der Waals surface area contributed by atoms with Crippen LogP contribution in [0.2, 0.25) is 0 Å². The largest absolute Gasteiger partial charge is 0.339 e. The molecule has 0 radical (unpaired) electrons. The summed E-state index contributed by atoms with van der Waals surface area (Å²) in [5.41, 5.74) is 1.36. The maximum absolute atomic E-state index is 12.8. The second-order valence-electron chi connectivity index (χ2n) is 7.23. The zero-order valence-electron chi connectivity index (χ0n) is 14.7. The molecule has 2 aliphatic rings. The molecule has 132 valence electrons. The fourth-order valence-corrected chi connectivity index (χ4v) is 4.01. The fourth-order valence-electron chi connectivity index (χ4n) is 4.01. The Kier molecular flexibility index (Phi) is 4.55. The van der Waals surface area contributed by atoms with Crippen LogP contribution in [0.3, 0.4) is 0 Å². The molecule has 3 heterocycles. The fraction of sp³-hybridized carbons (Fsp3) is 0.550. The number of hydrogen-bond acceptors (Lipinski definition) is 3. The van der Waals surface area contributed by atoms with E-state index in [1.807, 2.05) is 15.5 Å². The molecule has 1 aromatic carbocycles. The second kappa shape index (κ2) is 6.98. The molecule has 0 aliphatic carbocycles. The number of carbonyl (C=O) groups excluding carboxylic acids is 1. The van der Waals surface area contributed by atoms with Gasteiger partial charge in [0.2, 0.25) is 0 Å². The molecule has 0 atom stereocenters. The predicted octanol–water partition coefficient (Wildman–Crippen LogP) is 3.14. The summed E-state index contributed by atoms with van der Waals surface area (Å²) in [6.07, 6.45) is 8.64. The van der Waals surface area contributed by atoms with Crippen molar-refractivity contribution in [1.29, 1.82) is 0 Å². The Bertz CT molecular complexity index is 848. The number of nitrogens with zero attached hydrogens (tertiary/aromatic N) is 3. The van der Waals surface area contributed by atoms with Gasteiger partial charge in [-0.2, -0.15) is 0 Å². The zero-order valence-corrected chi connectivity index (χ0v) is 14.7. The van der Waals surface area contributed by atoms with Crippen molar-refractivity contribution in [2.75, 3.05) is 13.1 Å². The van der Waals surface area contributed by atoms with E-state index in [4.69, 9.17) is 4.98 Å². The van der Waals surface area contributed by atoms with Crippen molar-refractivity contribution >= 4 is 16.8 Å². The Balaban J connectivity index is 1.72. The molecule has 1 amide bonds. The van der Waals surface area contributed by atoms with Crippen LogP contribution in [-0.4, -0.2) is 33.4 Å². The third-order valence-electron chi connectivity index (χ3n) is 5.46. The highest BCUT2D eigenvalue weighted by Gasteiger charge is 2.19. The Labute approximate surface area is 147 Å². The lowest BCUT2D eigenvalue weighted by Crippen LogP contribution is -2.32. The quantitative estimate of drug-likeness (QED) is 0.802. The summed E-state index contributed by atoms with van der Waals surface area (Å²) in [6, 6.07) is 5.39. The van der Waals surface area contributed by atoms with Gasteiger partial charge in [0.25, 0.3) is 11.5 Å². The monoisotopic (exact) mass is 339 g/mol. The van der Waals surface area contributed by atoms with E-state index in [1.54, 1.807) is 12.1 Å². The molecule has 25 heavy (non-hydrogen) atoms. The molecule has 1 aromatic heterocycles. The lowest BCUT2D eigenvalue weighted by Gasteiger charge is -2.20. The molecule has 2 aromatic rings. The van der Waals surface area contributed by atoms with Crippen molar-refractivity contribution in [3.05, 3.63) is 39.9 Å². The molecular weight excluding hydrogens is 314 g/mol. The summed E-state index contributed by atoms with van der Waals surface area (Å²) in [4.78, 5) is 32.3. The summed E-state index contributed by atoms with van der Waals surface area (Å²) in [5.74, 6) is 0.940. The van der Waals surface area contributed by atoms with E-state index in [0.717, 1.165) is 64.0 Å². The zero-order chi connectivity index (χ0) is 17.2. The van der Waals surface area contributed by atoms with E-state index in [2.05, 4.69) is 0 Å². The van der Waals surface area contributed by atoms with Gasteiger partial charge >= 0.3 is 0 Å². The minimum Gasteiger partial charge on any atom is -0.339 e. The number of rotatable bonds is 1. The van der Waals surface area contributed by atoms with Gasteiger partial charge in [0.05, 0.1) is 10.9 Å². The van der Waals surface area contributed by atoms with Crippen LogP contribution >= 0.6 is 0 Å². The Morgan fingerprint density at radius 2 is 1.64 bits per heavy atom. The first-order chi connectivity index (χ1) is 12.2. The van der Waals surface area contributed by atoms with E-state index < -0.39 is 0 Å². The van der Waals surface area contributed by atoms with Crippen LogP contribution in [0.1, 0.15) is 61.1 Å². The molecule has 0 bridgehead atoms. The summed E-state index contributed by atoms with van der Waals surface area (Å²) < 4.78 is 1.83. The molecule has 0 N–H and O–H groups in total. The smallest absolute Gasteiger partial charge is 0.261 e. The lowest BCUT2D eigenvalue weighted by atomic mass is 10.1. The molecule has 0 saturated carbocycles. The van der Waals surface area contributed by atoms with Crippen molar-refractivity contribution < 1.29 is 4.79 Å². The van der Waals surface area contributed by atoms with Crippen LogP contribution in [0, 0.1) is 0 Å². The van der Waals surface area contributed by atoms with Crippen LogP contribution in [0.15, 0.2) is 23.0 Å². The minimum absolute atomic E-state index is 0.0377. The van der Waals surface area contributed by atoms with Gasteiger partial charge < -0.3 is 4.90 Å². The van der Waals surface area contributed by atoms with Gasteiger partial charge in [0.1, 0.15) is 5.82 Å². The van der Waals surface area contributed by atoms with Gasteiger partial charge in [-0.1, -0.05) is 19.3 Å². The molecular formula is C20H25N3O2. The first kappa shape index (κ1) is 16.3. The van der Waals surface area contributed by atoms with Crippen LogP contribution < -0.4 is 5.56 Å². The van der Waals surface area contributed by atoms with E-state index in [-0.39, 0.29) is 11.5 Å². The highest BCUT2D eigenvalue weighted by molar-refractivity contribution is 5.97. The van der Waals surface area contributed by atoms with Crippen LogP contribution in [0.25, 0.3) is 10.9 Å². The van der Waals surface area contributed by atoms with E-state index >= 15 is 0 Å². The molecule has 1 saturated heterocycles. The van der Waals surface area contributed by atoms with Crippen molar-refractivity contribution in [2.24, 2.45) is 0 Å². The second-order valence-corrected chi connectivity index (χ2v) is 7.23. The summed E-state index contributed by atoms with van der Waals surface area (Å²) in [7, 11) is 0. The van der Waals surface area contributed by atoms with Crippen LogP contribution in [0.5, 0.6) is 0 Å². The standard InChI is InChI=1S/C20H25N3O2/c24-19(22-11-5-1-2-6-12-22)15-9-10-16-17(14-15)21-18-8-4-3-7-13-23(18)20(16)25/h9-10,14H,1-8,11-13H2. The highest BCUT2D eigenvalue weighted by atomic mass is 16.2. The molecule has 2 aliphatic heterocycles. The van der Waals surface area contributed by atoms with E-state index in [0.29, 0.717) is 16.5 Å². The summed E-state index contributed by atoms with van der Waals surface area (Å²) >= 11 is 0. The number of aromatic nitrogens is 2. The van der Waals surface area contributed by atoms with Crippen molar-refractivity contribution in [3.63, 3.8) is 0 Å². The van der Waals surface area contributed by atoms with E-state index in [1.165, 1.54) is 12.8 Å². The van der Waals surface area contributed by atoms with Crippen molar-refractivity contribution in [1.82, 2.24) is 14.5 Å². The molecule has 0 unspecified atom stereocenters. The van der Waals surface area contributed by atoms with Crippen LogP contribution in [-0.2, 0) is 13.0 Å². The Hall–Kier alpha value is -2.17. The number of benzene rings is 1. The third kappa shape index (κ3) is 3.20. The van der Waals surface area contributed by atoms with Gasteiger partial charge in [-0.25, -0.2) is 4.98 Å². The van der Waals surface area contributed by atoms with Gasteiger partial charge in [-0.15, -0.1) is 0 Å². The van der Waals surface area contributed by atoms with Gasteiger partial charge in [-0.3, -0.25) is 14.2 Å². The maximum atomic E-state index is 12.8. The Morgan fingerprint density at radius 3 is 2.44 bits per heavy atom. The molecule has 0 spiro atoms. The first-order valence-electron chi connectivity index (χ1n) is 9.57. The molecule has 1 fully saturated rings. The first-order valence-corrected chi connectivity index (χ1v) is 9.57. The number of hydrogen-bond donors (Lipinski definition) is 0. The highest BCUT2D eigenvalue weighted by Crippen LogP contribution is 2.18. The van der Waals surface area contributed by atoms with Gasteiger partial charge in [0, 0.05) is 31.6 Å². The average Bonchev–Trinajstić information content (AvgIpc) is 3.04. The maximum Gasteiger partial charge on any atom is 0.261 e. The van der Waals surface area contributed by atoms with E-state index in [9.17, 15) is 9.59 Å². The summed E-state index contributed by atoms with van der Waals surface area (Å²) in [5, 5.41) is 0.623. The number of likely N-dealkylation sites (tertiary alicyclic amines) is 1. The molecule has 4 rings (SSSR count). The average molecular weight is 339 g/mol. The molecule has 5 heteroatoms. The lowest BCUT2D eigenvalue weighted by molar-refractivity contribution is 0.0762. The normalized spacial score (nSPS) is 18.5. The van der Waals surface area contributed by atoms with Gasteiger partial charge in [-0.05, 0) is 43.9 Å². The third-order valence-corrected chi connectivity index (χ3v) is 5.46. The van der Waals surface area contributed by atoms with Crippen molar-refractivity contribution in [3.8, 4) is 0 Å². The van der Waals surface area contributed by atoms with Gasteiger partial charge in [0.15, 0.2) is 0 Å². The number of aryl methyl sites for hydroxylation is 1. The number of carbonyl (C=O) groups is 1. The minimum atomic E-state index is 0.0377. The van der Waals surface area contributed by atoms with Crippen LogP contribution in [0.4, 0.5) is 0 Å². The topological polar surface area (TPSA) is 55.2 Å². The van der Waals surface area contributed by atoms with Crippen molar-refractivity contribution in [2.45, 2.75) is 57.9 Å².